The van der Waals surface area contributed by atoms with Crippen molar-refractivity contribution in [1.82, 2.24) is 34.8 Å². The van der Waals surface area contributed by atoms with Gasteiger partial charge in [0, 0.05) is 28.9 Å². The molecule has 3 N–H and O–H groups in total. The molecule has 0 spiro atoms. The van der Waals surface area contributed by atoms with Crippen LogP contribution in [0.25, 0.3) is 27.7 Å². The zero-order valence-corrected chi connectivity index (χ0v) is 15.0. The minimum absolute atomic E-state index is 0.375. The zero-order valence-electron chi connectivity index (χ0n) is 15.0. The number of aromatic amines is 2. The summed E-state index contributed by atoms with van der Waals surface area (Å²) in [5.74, 6) is 0.701. The number of H-pyrrole nitrogens is 2. The second kappa shape index (κ2) is 6.31. The van der Waals surface area contributed by atoms with Crippen molar-refractivity contribution < 1.29 is 0 Å². The van der Waals surface area contributed by atoms with E-state index in [1.54, 1.807) is 12.4 Å². The Kier molecular flexibility index (Phi) is 3.64. The van der Waals surface area contributed by atoms with Crippen LogP contribution in [-0.2, 0) is 6.54 Å². The molecular weight excluding hydrogens is 356 g/mol. The summed E-state index contributed by atoms with van der Waals surface area (Å²) in [5.41, 5.74) is 4.45. The number of aromatic nitrogens is 7. The van der Waals surface area contributed by atoms with Crippen molar-refractivity contribution in [3.63, 3.8) is 0 Å². The van der Waals surface area contributed by atoms with Crippen LogP contribution >= 0.6 is 0 Å². The van der Waals surface area contributed by atoms with Gasteiger partial charge in [-0.1, -0.05) is 6.07 Å². The van der Waals surface area contributed by atoms with Gasteiger partial charge in [0.1, 0.15) is 17.0 Å². The topological polar surface area (TPSA) is 117 Å². The number of anilines is 1. The summed E-state index contributed by atoms with van der Waals surface area (Å²) < 4.78 is 1.33. The van der Waals surface area contributed by atoms with Crippen molar-refractivity contribution in [2.24, 2.45) is 0 Å². The van der Waals surface area contributed by atoms with E-state index in [1.165, 1.54) is 4.52 Å². The van der Waals surface area contributed by atoms with E-state index in [4.69, 9.17) is 0 Å². The average Bonchev–Trinajstić information content (AvgIpc) is 3.31. The third-order valence-corrected chi connectivity index (χ3v) is 4.61. The monoisotopic (exact) mass is 372 g/mol. The van der Waals surface area contributed by atoms with Crippen LogP contribution in [0.3, 0.4) is 0 Å². The summed E-state index contributed by atoms with van der Waals surface area (Å²) in [5, 5.41) is 15.0. The molecule has 5 aromatic heterocycles. The Balaban J connectivity index is 1.66. The smallest absolute Gasteiger partial charge is 0.363 e. The molecule has 0 fully saturated rings. The highest BCUT2D eigenvalue weighted by molar-refractivity contribution is 5.99. The lowest BCUT2D eigenvalue weighted by Gasteiger charge is -2.09. The molecule has 28 heavy (non-hydrogen) atoms. The first-order valence-corrected chi connectivity index (χ1v) is 8.76. The van der Waals surface area contributed by atoms with Crippen molar-refractivity contribution in [2.45, 2.75) is 13.5 Å². The molecule has 5 aromatic rings. The number of pyridine rings is 2. The Morgan fingerprint density at radius 3 is 3.04 bits per heavy atom. The number of aryl methyl sites for hydroxylation is 1. The van der Waals surface area contributed by atoms with Crippen molar-refractivity contribution >= 4 is 22.4 Å². The lowest BCUT2D eigenvalue weighted by atomic mass is 10.0. The van der Waals surface area contributed by atoms with E-state index in [0.29, 0.717) is 17.9 Å². The minimum atomic E-state index is -0.375. The van der Waals surface area contributed by atoms with Crippen LogP contribution in [0, 0.1) is 6.92 Å². The van der Waals surface area contributed by atoms with Gasteiger partial charge >= 0.3 is 5.69 Å². The predicted octanol–water partition coefficient (Wildman–Crippen LogP) is 2.28. The molecule has 0 aromatic carbocycles. The fourth-order valence-corrected chi connectivity index (χ4v) is 3.37. The Hall–Kier alpha value is -4.01. The maximum Gasteiger partial charge on any atom is 0.363 e. The van der Waals surface area contributed by atoms with Gasteiger partial charge in [0.25, 0.3) is 0 Å². The minimum Gasteiger partial charge on any atom is -0.364 e. The highest BCUT2D eigenvalue weighted by Gasteiger charge is 2.18. The molecule has 0 aliphatic carbocycles. The third kappa shape index (κ3) is 2.60. The van der Waals surface area contributed by atoms with Gasteiger partial charge in [-0.15, -0.1) is 0 Å². The number of rotatable bonds is 4. The number of hydrogen-bond donors (Lipinski definition) is 3. The van der Waals surface area contributed by atoms with E-state index in [0.717, 1.165) is 33.5 Å². The van der Waals surface area contributed by atoms with Gasteiger partial charge < -0.3 is 10.3 Å². The van der Waals surface area contributed by atoms with Crippen molar-refractivity contribution in [3.8, 4) is 11.1 Å². The molecule has 0 saturated carbocycles. The Labute approximate surface area is 158 Å². The predicted molar refractivity (Wildman–Crippen MR) is 105 cm³/mol. The lowest BCUT2D eigenvalue weighted by molar-refractivity contribution is 0.801. The number of nitrogens with one attached hydrogen (secondary N) is 3. The lowest BCUT2D eigenvalue weighted by Crippen LogP contribution is -2.18. The van der Waals surface area contributed by atoms with Crippen LogP contribution in [0.15, 0.2) is 53.7 Å². The molecule has 0 radical (unpaired) electrons. The molecule has 9 nitrogen and oxygen atoms in total. The first-order chi connectivity index (χ1) is 13.7. The number of hydrogen-bond acceptors (Lipinski definition) is 6. The molecule has 0 unspecified atom stereocenters. The van der Waals surface area contributed by atoms with Crippen LogP contribution < -0.4 is 11.0 Å². The van der Waals surface area contributed by atoms with Gasteiger partial charge in [0.2, 0.25) is 0 Å². The normalized spacial score (nSPS) is 11.3. The highest BCUT2D eigenvalue weighted by atomic mass is 16.1. The zero-order chi connectivity index (χ0) is 19.1. The van der Waals surface area contributed by atoms with Gasteiger partial charge in [0.15, 0.2) is 0 Å². The van der Waals surface area contributed by atoms with Crippen LogP contribution in [0.2, 0.25) is 0 Å². The second-order valence-corrected chi connectivity index (χ2v) is 6.40. The van der Waals surface area contributed by atoms with E-state index in [-0.39, 0.29) is 5.69 Å². The standard InChI is InChI=1S/C19H16N8O/c1-11-17(15-10-23-25-19(28)27(15)26-11)14-8-16(24-18-13(14)5-7-21-18)22-9-12-4-2-3-6-20-12/h2-8,10H,9H2,1H3,(H,25,28)(H2,21,22,24). The summed E-state index contributed by atoms with van der Waals surface area (Å²) in [6, 6.07) is 9.71. The first-order valence-electron chi connectivity index (χ1n) is 8.76. The largest absolute Gasteiger partial charge is 0.364 e. The van der Waals surface area contributed by atoms with Crippen molar-refractivity contribution in [3.05, 3.63) is 70.8 Å². The van der Waals surface area contributed by atoms with Gasteiger partial charge in [0.05, 0.1) is 24.1 Å². The molecule has 0 amide bonds. The van der Waals surface area contributed by atoms with E-state index in [9.17, 15) is 4.79 Å². The molecule has 0 aliphatic rings. The summed E-state index contributed by atoms with van der Waals surface area (Å²) >= 11 is 0. The Morgan fingerprint density at radius 2 is 2.18 bits per heavy atom. The second-order valence-electron chi connectivity index (χ2n) is 6.40. The summed E-state index contributed by atoms with van der Waals surface area (Å²) in [4.78, 5) is 24.2. The number of fused-ring (bicyclic) bond motifs is 2. The molecule has 0 bridgehead atoms. The maximum atomic E-state index is 12.1. The van der Waals surface area contributed by atoms with Crippen LogP contribution in [0.5, 0.6) is 0 Å². The molecule has 0 atom stereocenters. The molecule has 0 saturated heterocycles. The number of nitrogens with zero attached hydrogens (tertiary/aromatic N) is 5. The highest BCUT2D eigenvalue weighted by Crippen LogP contribution is 2.34. The maximum absolute atomic E-state index is 12.1. The van der Waals surface area contributed by atoms with Gasteiger partial charge in [-0.25, -0.2) is 14.9 Å². The molecule has 5 heterocycles. The molecule has 0 aliphatic heterocycles. The van der Waals surface area contributed by atoms with Crippen molar-refractivity contribution in [1.29, 1.82) is 0 Å². The van der Waals surface area contributed by atoms with Crippen LogP contribution in [-0.4, -0.2) is 34.8 Å². The van der Waals surface area contributed by atoms with Gasteiger partial charge in [-0.05, 0) is 31.2 Å². The van der Waals surface area contributed by atoms with Gasteiger partial charge in [-0.2, -0.15) is 14.7 Å². The molecular formula is C19H16N8O. The average molecular weight is 372 g/mol. The Morgan fingerprint density at radius 1 is 1.25 bits per heavy atom. The molecule has 5 rings (SSSR count). The third-order valence-electron chi connectivity index (χ3n) is 4.61. The summed E-state index contributed by atoms with van der Waals surface area (Å²) in [6.07, 6.45) is 5.21. The van der Waals surface area contributed by atoms with E-state index < -0.39 is 0 Å². The quantitative estimate of drug-likeness (QED) is 0.446. The fourth-order valence-electron chi connectivity index (χ4n) is 3.37. The molecule has 138 valence electrons. The van der Waals surface area contributed by atoms with Crippen LogP contribution in [0.1, 0.15) is 11.4 Å². The summed E-state index contributed by atoms with van der Waals surface area (Å²) in [6.45, 7) is 2.43. The molecule has 9 heteroatoms. The van der Waals surface area contributed by atoms with E-state index >= 15 is 0 Å². The van der Waals surface area contributed by atoms with E-state index in [1.807, 2.05) is 43.5 Å². The summed E-state index contributed by atoms with van der Waals surface area (Å²) in [7, 11) is 0. The SMILES string of the molecule is Cc1nn2c(=O)[nH]ncc2c1-c1cc(NCc2ccccn2)nc2[nH]ccc12. The van der Waals surface area contributed by atoms with E-state index in [2.05, 4.69) is 35.6 Å². The fraction of sp³-hybridized carbons (Fsp3) is 0.105. The Bertz CT molecular complexity index is 1350. The van der Waals surface area contributed by atoms with Gasteiger partial charge in [-0.3, -0.25) is 4.98 Å². The first kappa shape index (κ1) is 16.2. The van der Waals surface area contributed by atoms with Crippen molar-refractivity contribution in [2.75, 3.05) is 5.32 Å². The van der Waals surface area contributed by atoms with Crippen LogP contribution in [0.4, 0.5) is 5.82 Å².